The van der Waals surface area contributed by atoms with Crippen LogP contribution in [0.5, 0.6) is 0 Å². The number of aromatic nitrogens is 4. The van der Waals surface area contributed by atoms with Crippen molar-refractivity contribution in [3.63, 3.8) is 0 Å². The van der Waals surface area contributed by atoms with Crippen molar-refractivity contribution in [2.75, 3.05) is 4.90 Å². The predicted octanol–water partition coefficient (Wildman–Crippen LogP) is 7.81. The number of anilines is 3. The standard InChI is InChI=1S/C32H27N5/c1-24-17-25(2)19-31(18-24)35-22-32(33-23-35)26-9-6-13-29(20-26)37(27-10-4-3-5-11-27)30-14-7-12-28(21-30)36-16-8-15-34-36/h3-23H,1-2H3. The molecule has 0 aliphatic rings. The molecule has 0 saturated heterocycles. The Morgan fingerprint density at radius 3 is 2.14 bits per heavy atom. The summed E-state index contributed by atoms with van der Waals surface area (Å²) in [6.07, 6.45) is 7.73. The Morgan fingerprint density at radius 2 is 1.38 bits per heavy atom. The van der Waals surface area contributed by atoms with E-state index < -0.39 is 0 Å². The monoisotopic (exact) mass is 481 g/mol. The van der Waals surface area contributed by atoms with Crippen LogP contribution in [0.15, 0.2) is 128 Å². The molecule has 4 aromatic carbocycles. The number of aryl methyl sites for hydroxylation is 2. The molecule has 2 aromatic heterocycles. The van der Waals surface area contributed by atoms with Crippen LogP contribution in [0.25, 0.3) is 22.6 Å². The molecule has 0 aliphatic heterocycles. The van der Waals surface area contributed by atoms with Gasteiger partial charge in [0.15, 0.2) is 0 Å². The molecule has 2 heterocycles. The summed E-state index contributed by atoms with van der Waals surface area (Å²) in [5.41, 5.74) is 9.79. The maximum absolute atomic E-state index is 4.75. The number of rotatable bonds is 6. The molecular weight excluding hydrogens is 454 g/mol. The van der Waals surface area contributed by atoms with Crippen molar-refractivity contribution >= 4 is 17.1 Å². The van der Waals surface area contributed by atoms with E-state index in [1.807, 2.05) is 29.3 Å². The average molecular weight is 482 g/mol. The van der Waals surface area contributed by atoms with Gasteiger partial charge in [-0.15, -0.1) is 0 Å². The molecule has 37 heavy (non-hydrogen) atoms. The van der Waals surface area contributed by atoms with Gasteiger partial charge in [-0.05, 0) is 85.6 Å². The maximum Gasteiger partial charge on any atom is 0.0999 e. The Kier molecular flexibility index (Phi) is 5.87. The lowest BCUT2D eigenvalue weighted by molar-refractivity contribution is 0.880. The Bertz CT molecular complexity index is 1630. The van der Waals surface area contributed by atoms with Gasteiger partial charge in [0, 0.05) is 46.9 Å². The highest BCUT2D eigenvalue weighted by molar-refractivity contribution is 5.80. The van der Waals surface area contributed by atoms with Crippen LogP contribution in [-0.4, -0.2) is 19.3 Å². The Labute approximate surface area is 216 Å². The van der Waals surface area contributed by atoms with Crippen molar-refractivity contribution in [1.82, 2.24) is 19.3 Å². The van der Waals surface area contributed by atoms with Crippen LogP contribution in [0.1, 0.15) is 11.1 Å². The molecule has 0 atom stereocenters. The van der Waals surface area contributed by atoms with Gasteiger partial charge in [-0.2, -0.15) is 5.10 Å². The van der Waals surface area contributed by atoms with Gasteiger partial charge in [0.25, 0.3) is 0 Å². The van der Waals surface area contributed by atoms with Crippen LogP contribution < -0.4 is 4.90 Å². The number of nitrogens with zero attached hydrogens (tertiary/aromatic N) is 5. The number of para-hydroxylation sites is 1. The Morgan fingerprint density at radius 1 is 0.649 bits per heavy atom. The third-order valence-electron chi connectivity index (χ3n) is 6.36. The minimum atomic E-state index is 0.930. The summed E-state index contributed by atoms with van der Waals surface area (Å²) < 4.78 is 3.97. The third kappa shape index (κ3) is 4.67. The predicted molar refractivity (Wildman–Crippen MR) is 150 cm³/mol. The first-order valence-corrected chi connectivity index (χ1v) is 12.3. The first-order valence-electron chi connectivity index (χ1n) is 12.3. The summed E-state index contributed by atoms with van der Waals surface area (Å²) in [5.74, 6) is 0. The summed E-state index contributed by atoms with van der Waals surface area (Å²) in [4.78, 5) is 7.01. The lowest BCUT2D eigenvalue weighted by Crippen LogP contribution is -2.10. The van der Waals surface area contributed by atoms with E-state index >= 15 is 0 Å². The largest absolute Gasteiger partial charge is 0.310 e. The van der Waals surface area contributed by atoms with Crippen LogP contribution >= 0.6 is 0 Å². The van der Waals surface area contributed by atoms with Crippen LogP contribution in [0, 0.1) is 13.8 Å². The quantitative estimate of drug-likeness (QED) is 0.243. The van der Waals surface area contributed by atoms with E-state index in [2.05, 4.69) is 126 Å². The zero-order valence-electron chi connectivity index (χ0n) is 20.9. The fourth-order valence-electron chi connectivity index (χ4n) is 4.74. The summed E-state index contributed by atoms with van der Waals surface area (Å²) in [6.45, 7) is 4.24. The SMILES string of the molecule is Cc1cc(C)cc(-n2cnc(-c3cccc(N(c4ccccc4)c4cccc(-n5cccn5)c4)c3)c2)c1. The van der Waals surface area contributed by atoms with Gasteiger partial charge >= 0.3 is 0 Å². The number of hydrogen-bond acceptors (Lipinski definition) is 3. The molecule has 0 radical (unpaired) electrons. The van der Waals surface area contributed by atoms with E-state index in [1.54, 1.807) is 6.20 Å². The van der Waals surface area contributed by atoms with Crippen LogP contribution in [0.4, 0.5) is 17.1 Å². The van der Waals surface area contributed by atoms with Gasteiger partial charge in [0.1, 0.15) is 0 Å². The lowest BCUT2D eigenvalue weighted by Gasteiger charge is -2.26. The molecule has 0 unspecified atom stereocenters. The second-order valence-electron chi connectivity index (χ2n) is 9.20. The molecule has 5 nitrogen and oxygen atoms in total. The molecule has 0 fully saturated rings. The number of hydrogen-bond donors (Lipinski definition) is 0. The third-order valence-corrected chi connectivity index (χ3v) is 6.36. The smallest absolute Gasteiger partial charge is 0.0999 e. The van der Waals surface area contributed by atoms with Crippen molar-refractivity contribution in [2.24, 2.45) is 0 Å². The first-order chi connectivity index (χ1) is 18.1. The van der Waals surface area contributed by atoms with E-state index in [-0.39, 0.29) is 0 Å². The highest BCUT2D eigenvalue weighted by Gasteiger charge is 2.15. The van der Waals surface area contributed by atoms with Gasteiger partial charge in [-0.3, -0.25) is 0 Å². The molecule has 6 rings (SSSR count). The lowest BCUT2D eigenvalue weighted by atomic mass is 10.1. The minimum absolute atomic E-state index is 0.930. The van der Waals surface area contributed by atoms with Gasteiger partial charge in [0.05, 0.1) is 17.7 Å². The van der Waals surface area contributed by atoms with Crippen molar-refractivity contribution in [3.05, 3.63) is 139 Å². The highest BCUT2D eigenvalue weighted by atomic mass is 15.3. The van der Waals surface area contributed by atoms with Crippen LogP contribution in [0.3, 0.4) is 0 Å². The van der Waals surface area contributed by atoms with Crippen LogP contribution in [-0.2, 0) is 0 Å². The topological polar surface area (TPSA) is 38.9 Å². The molecule has 0 bridgehead atoms. The molecule has 180 valence electrons. The number of imidazole rings is 1. The molecule has 0 aliphatic carbocycles. The van der Waals surface area contributed by atoms with Crippen molar-refractivity contribution in [1.29, 1.82) is 0 Å². The molecule has 0 spiro atoms. The highest BCUT2D eigenvalue weighted by Crippen LogP contribution is 2.37. The van der Waals surface area contributed by atoms with Crippen molar-refractivity contribution in [3.8, 4) is 22.6 Å². The summed E-state index contributed by atoms with van der Waals surface area (Å²) in [7, 11) is 0. The molecule has 5 heteroatoms. The number of benzene rings is 4. The first kappa shape index (κ1) is 22.6. The van der Waals surface area contributed by atoms with Crippen molar-refractivity contribution < 1.29 is 0 Å². The minimum Gasteiger partial charge on any atom is -0.310 e. The summed E-state index contributed by atoms with van der Waals surface area (Å²) >= 11 is 0. The van der Waals surface area contributed by atoms with E-state index in [4.69, 9.17) is 4.98 Å². The molecule has 0 amide bonds. The Balaban J connectivity index is 1.41. The second kappa shape index (κ2) is 9.63. The fraction of sp³-hybridized carbons (Fsp3) is 0.0625. The normalized spacial score (nSPS) is 11.0. The maximum atomic E-state index is 4.75. The van der Waals surface area contributed by atoms with Gasteiger partial charge in [0.2, 0.25) is 0 Å². The molecule has 0 N–H and O–H groups in total. The van der Waals surface area contributed by atoms with Crippen LogP contribution in [0.2, 0.25) is 0 Å². The second-order valence-corrected chi connectivity index (χ2v) is 9.20. The molecular formula is C32H27N5. The van der Waals surface area contributed by atoms with E-state index in [1.165, 1.54) is 11.1 Å². The van der Waals surface area contributed by atoms with E-state index in [0.717, 1.165) is 39.7 Å². The van der Waals surface area contributed by atoms with Gasteiger partial charge < -0.3 is 9.47 Å². The Hall–Kier alpha value is -4.90. The van der Waals surface area contributed by atoms with Gasteiger partial charge in [-0.25, -0.2) is 9.67 Å². The van der Waals surface area contributed by atoms with Crippen molar-refractivity contribution in [2.45, 2.75) is 13.8 Å². The van der Waals surface area contributed by atoms with E-state index in [0.29, 0.717) is 0 Å². The summed E-state index contributed by atoms with van der Waals surface area (Å²) in [5, 5.41) is 4.41. The van der Waals surface area contributed by atoms with Gasteiger partial charge in [-0.1, -0.05) is 42.5 Å². The fourth-order valence-corrected chi connectivity index (χ4v) is 4.74. The molecule has 6 aromatic rings. The summed E-state index contributed by atoms with van der Waals surface area (Å²) in [6, 6.07) is 35.8. The molecule has 0 saturated carbocycles. The zero-order valence-corrected chi connectivity index (χ0v) is 20.9. The van der Waals surface area contributed by atoms with E-state index in [9.17, 15) is 0 Å². The average Bonchev–Trinajstić information content (AvgIpc) is 3.63. The zero-order chi connectivity index (χ0) is 25.2.